The van der Waals surface area contributed by atoms with Gasteiger partial charge in [-0.25, -0.2) is 4.79 Å². The van der Waals surface area contributed by atoms with Crippen LogP contribution in [0.3, 0.4) is 0 Å². The summed E-state index contributed by atoms with van der Waals surface area (Å²) >= 11 is 0. The Morgan fingerprint density at radius 1 is 1.10 bits per heavy atom. The Balaban J connectivity index is 2.10. The normalized spacial score (nSPS) is 11.2. The highest BCUT2D eigenvalue weighted by Gasteiger charge is 2.11. The molecule has 0 bridgehead atoms. The Hall–Kier alpha value is -3.00. The lowest BCUT2D eigenvalue weighted by Crippen LogP contribution is -2.32. The third-order valence-electron chi connectivity index (χ3n) is 2.61. The van der Waals surface area contributed by atoms with Crippen LogP contribution in [0.2, 0.25) is 0 Å². The SMILES string of the molecule is N#CC(NC(N)=O)c1ccc(Oc2ccccc2)cc1. The molecule has 5 heteroatoms. The Morgan fingerprint density at radius 3 is 2.25 bits per heavy atom. The van der Waals surface area contributed by atoms with E-state index in [9.17, 15) is 4.79 Å². The summed E-state index contributed by atoms with van der Waals surface area (Å²) in [7, 11) is 0. The molecule has 0 saturated carbocycles. The molecule has 0 heterocycles. The van der Waals surface area contributed by atoms with Gasteiger partial charge in [0.1, 0.15) is 17.5 Å². The number of para-hydroxylation sites is 1. The van der Waals surface area contributed by atoms with Gasteiger partial charge in [0.05, 0.1) is 6.07 Å². The first-order valence-electron chi connectivity index (χ1n) is 5.97. The largest absolute Gasteiger partial charge is 0.457 e. The van der Waals surface area contributed by atoms with Gasteiger partial charge in [0.2, 0.25) is 0 Å². The number of carbonyl (C=O) groups is 1. The summed E-state index contributed by atoms with van der Waals surface area (Å²) in [6.45, 7) is 0. The first-order valence-corrected chi connectivity index (χ1v) is 5.97. The van der Waals surface area contributed by atoms with Crippen molar-refractivity contribution in [2.45, 2.75) is 6.04 Å². The van der Waals surface area contributed by atoms with Crippen molar-refractivity contribution in [3.05, 3.63) is 60.2 Å². The quantitative estimate of drug-likeness (QED) is 0.892. The highest BCUT2D eigenvalue weighted by molar-refractivity contribution is 5.72. The van der Waals surface area contributed by atoms with E-state index in [4.69, 9.17) is 15.7 Å². The summed E-state index contributed by atoms with van der Waals surface area (Å²) in [4.78, 5) is 10.8. The smallest absolute Gasteiger partial charge is 0.313 e. The molecule has 20 heavy (non-hydrogen) atoms. The third kappa shape index (κ3) is 3.50. The average molecular weight is 267 g/mol. The molecule has 3 N–H and O–H groups in total. The van der Waals surface area contributed by atoms with Gasteiger partial charge in [-0.05, 0) is 29.8 Å². The zero-order valence-electron chi connectivity index (χ0n) is 10.6. The van der Waals surface area contributed by atoms with Crippen LogP contribution in [0.5, 0.6) is 11.5 Å². The standard InChI is InChI=1S/C15H13N3O2/c16-10-14(18-15(17)19)11-6-8-13(9-7-11)20-12-4-2-1-3-5-12/h1-9,14H,(H3,17,18,19). The minimum atomic E-state index is -0.765. The number of rotatable bonds is 4. The summed E-state index contributed by atoms with van der Waals surface area (Å²) in [5.41, 5.74) is 5.66. The molecule has 2 amide bonds. The van der Waals surface area contributed by atoms with Gasteiger partial charge in [0, 0.05) is 0 Å². The molecule has 2 aromatic rings. The second-order valence-corrected chi connectivity index (χ2v) is 4.05. The van der Waals surface area contributed by atoms with Crippen LogP contribution < -0.4 is 15.8 Å². The number of nitrogens with two attached hydrogens (primary N) is 1. The minimum absolute atomic E-state index is 0.645. The van der Waals surface area contributed by atoms with E-state index in [1.165, 1.54) is 0 Å². The van der Waals surface area contributed by atoms with Crippen LogP contribution in [-0.4, -0.2) is 6.03 Å². The molecule has 0 radical (unpaired) electrons. The number of primary amides is 1. The van der Waals surface area contributed by atoms with Gasteiger partial charge in [0.15, 0.2) is 0 Å². The molecule has 2 aromatic carbocycles. The van der Waals surface area contributed by atoms with Crippen molar-refractivity contribution in [1.82, 2.24) is 5.32 Å². The molecule has 0 spiro atoms. The van der Waals surface area contributed by atoms with E-state index < -0.39 is 12.1 Å². The van der Waals surface area contributed by atoms with Gasteiger partial charge in [-0.1, -0.05) is 30.3 Å². The van der Waals surface area contributed by atoms with Crippen molar-refractivity contribution in [3.8, 4) is 17.6 Å². The predicted molar refractivity (Wildman–Crippen MR) is 74.0 cm³/mol. The molecule has 1 atom stereocenters. The lowest BCUT2D eigenvalue weighted by atomic mass is 10.1. The number of ether oxygens (including phenoxy) is 1. The Bertz CT molecular complexity index is 618. The molecule has 0 fully saturated rings. The highest BCUT2D eigenvalue weighted by atomic mass is 16.5. The summed E-state index contributed by atoms with van der Waals surface area (Å²) in [5.74, 6) is 1.38. The molecular weight excluding hydrogens is 254 g/mol. The molecular formula is C15H13N3O2. The van der Waals surface area contributed by atoms with E-state index in [1.54, 1.807) is 24.3 Å². The molecule has 5 nitrogen and oxygen atoms in total. The topological polar surface area (TPSA) is 88.1 Å². The Kier molecular flexibility index (Phi) is 4.20. The zero-order valence-corrected chi connectivity index (χ0v) is 10.6. The van der Waals surface area contributed by atoms with Crippen molar-refractivity contribution in [2.24, 2.45) is 5.73 Å². The number of nitriles is 1. The predicted octanol–water partition coefficient (Wildman–Crippen LogP) is 2.71. The number of urea groups is 1. The number of amides is 2. The number of carbonyl (C=O) groups excluding carboxylic acids is 1. The highest BCUT2D eigenvalue weighted by Crippen LogP contribution is 2.23. The number of hydrogen-bond acceptors (Lipinski definition) is 3. The maximum Gasteiger partial charge on any atom is 0.313 e. The van der Waals surface area contributed by atoms with Gasteiger partial charge in [0.25, 0.3) is 0 Å². The first-order chi connectivity index (χ1) is 9.69. The molecule has 2 rings (SSSR count). The number of nitrogens with one attached hydrogen (secondary N) is 1. The summed E-state index contributed by atoms with van der Waals surface area (Å²) in [5, 5.41) is 11.3. The Labute approximate surface area is 116 Å². The van der Waals surface area contributed by atoms with Crippen molar-refractivity contribution >= 4 is 6.03 Å². The fraction of sp³-hybridized carbons (Fsp3) is 0.0667. The first kappa shape index (κ1) is 13.4. The van der Waals surface area contributed by atoms with Gasteiger partial charge in [-0.15, -0.1) is 0 Å². The van der Waals surface area contributed by atoms with Gasteiger partial charge < -0.3 is 15.8 Å². The van der Waals surface area contributed by atoms with Gasteiger partial charge in [-0.3, -0.25) is 0 Å². The van der Waals surface area contributed by atoms with Crippen molar-refractivity contribution in [1.29, 1.82) is 5.26 Å². The lowest BCUT2D eigenvalue weighted by molar-refractivity contribution is 0.247. The van der Waals surface area contributed by atoms with Crippen molar-refractivity contribution < 1.29 is 9.53 Å². The molecule has 0 aliphatic heterocycles. The Morgan fingerprint density at radius 2 is 1.70 bits per heavy atom. The summed E-state index contributed by atoms with van der Waals surface area (Å²) in [6.07, 6.45) is 0. The number of nitrogens with zero attached hydrogens (tertiary/aromatic N) is 1. The number of benzene rings is 2. The van der Waals surface area contributed by atoms with E-state index in [1.807, 2.05) is 36.4 Å². The van der Waals surface area contributed by atoms with Crippen LogP contribution in [0.15, 0.2) is 54.6 Å². The van der Waals surface area contributed by atoms with Crippen LogP contribution in [-0.2, 0) is 0 Å². The molecule has 1 unspecified atom stereocenters. The van der Waals surface area contributed by atoms with E-state index in [0.717, 1.165) is 5.75 Å². The van der Waals surface area contributed by atoms with Crippen LogP contribution in [0, 0.1) is 11.3 Å². The van der Waals surface area contributed by atoms with Crippen molar-refractivity contribution in [3.63, 3.8) is 0 Å². The second-order valence-electron chi connectivity index (χ2n) is 4.05. The minimum Gasteiger partial charge on any atom is -0.457 e. The summed E-state index contributed by atoms with van der Waals surface area (Å²) in [6, 6.07) is 16.7. The lowest BCUT2D eigenvalue weighted by Gasteiger charge is -2.11. The molecule has 0 aliphatic rings. The van der Waals surface area contributed by atoms with E-state index in [-0.39, 0.29) is 0 Å². The fourth-order valence-corrected chi connectivity index (χ4v) is 1.69. The van der Waals surface area contributed by atoms with Crippen LogP contribution >= 0.6 is 0 Å². The van der Waals surface area contributed by atoms with Gasteiger partial charge in [-0.2, -0.15) is 5.26 Å². The molecule has 0 aromatic heterocycles. The molecule has 0 saturated heterocycles. The second kappa shape index (κ2) is 6.25. The van der Waals surface area contributed by atoms with Crippen LogP contribution in [0.1, 0.15) is 11.6 Å². The van der Waals surface area contributed by atoms with E-state index >= 15 is 0 Å². The summed E-state index contributed by atoms with van der Waals surface area (Å²) < 4.78 is 5.63. The monoisotopic (exact) mass is 267 g/mol. The maximum absolute atomic E-state index is 10.8. The zero-order chi connectivity index (χ0) is 14.4. The van der Waals surface area contributed by atoms with E-state index in [0.29, 0.717) is 11.3 Å². The van der Waals surface area contributed by atoms with Gasteiger partial charge >= 0.3 is 6.03 Å². The van der Waals surface area contributed by atoms with E-state index in [2.05, 4.69) is 5.32 Å². The van der Waals surface area contributed by atoms with Crippen LogP contribution in [0.25, 0.3) is 0 Å². The van der Waals surface area contributed by atoms with Crippen molar-refractivity contribution in [2.75, 3.05) is 0 Å². The third-order valence-corrected chi connectivity index (χ3v) is 2.61. The molecule has 0 aliphatic carbocycles. The average Bonchev–Trinajstić information content (AvgIpc) is 2.46. The maximum atomic E-state index is 10.8. The number of hydrogen-bond donors (Lipinski definition) is 2. The molecule has 100 valence electrons. The van der Waals surface area contributed by atoms with Crippen LogP contribution in [0.4, 0.5) is 4.79 Å². The fourth-order valence-electron chi connectivity index (χ4n) is 1.69.